The second-order valence-corrected chi connectivity index (χ2v) is 9.24. The number of β-amino-alcohol motifs (C(OH)–C–C–N with tert-alkyl or cyclic N) is 1. The second-order valence-electron chi connectivity index (χ2n) is 9.24. The van der Waals surface area contributed by atoms with E-state index in [0.717, 1.165) is 31.7 Å². The number of carbonyl (C=O) groups is 2. The molecule has 2 aliphatic rings. The van der Waals surface area contributed by atoms with Crippen molar-refractivity contribution in [3.63, 3.8) is 0 Å². The molecule has 1 saturated carbocycles. The number of carbonyl (C=O) groups excluding carboxylic acids is 2. The Kier molecular flexibility index (Phi) is 9.17. The zero-order valence-electron chi connectivity index (χ0n) is 19.2. The first kappa shape index (κ1) is 25.5. The number of aliphatic hydroxyl groups is 1. The summed E-state index contributed by atoms with van der Waals surface area (Å²) in [4.78, 5) is 25.0. The van der Waals surface area contributed by atoms with Crippen LogP contribution in [0.15, 0.2) is 18.2 Å². The highest BCUT2D eigenvalue weighted by Gasteiger charge is 2.41. The summed E-state index contributed by atoms with van der Waals surface area (Å²) in [5.41, 5.74) is -0.552. The zero-order valence-corrected chi connectivity index (χ0v) is 19.2. The van der Waals surface area contributed by atoms with Gasteiger partial charge in [-0.25, -0.2) is 8.78 Å². The lowest BCUT2D eigenvalue weighted by atomic mass is 9.87. The van der Waals surface area contributed by atoms with Crippen LogP contribution in [-0.4, -0.2) is 60.4 Å². The van der Waals surface area contributed by atoms with Crippen LogP contribution in [-0.2, 0) is 20.7 Å². The van der Waals surface area contributed by atoms with Crippen LogP contribution >= 0.6 is 0 Å². The first-order chi connectivity index (χ1) is 15.8. The molecule has 1 saturated heterocycles. The van der Waals surface area contributed by atoms with Gasteiger partial charge < -0.3 is 25.8 Å². The first-order valence-electron chi connectivity index (χ1n) is 11.8. The molecule has 2 amide bonds. The van der Waals surface area contributed by atoms with Gasteiger partial charge in [0.25, 0.3) is 0 Å². The van der Waals surface area contributed by atoms with E-state index in [9.17, 15) is 23.5 Å². The van der Waals surface area contributed by atoms with Crippen LogP contribution < -0.4 is 16.0 Å². The molecule has 0 spiro atoms. The Balaban J connectivity index is 1.67. The number of ether oxygens (including phenoxy) is 1. The third-order valence-corrected chi connectivity index (χ3v) is 6.60. The minimum Gasteiger partial charge on any atom is -0.390 e. The molecule has 7 nitrogen and oxygen atoms in total. The third-order valence-electron chi connectivity index (χ3n) is 6.60. The minimum atomic E-state index is -1.08. The molecule has 4 N–H and O–H groups in total. The van der Waals surface area contributed by atoms with Crippen molar-refractivity contribution >= 4 is 11.8 Å². The number of benzene rings is 1. The molecule has 2 atom stereocenters. The van der Waals surface area contributed by atoms with Crippen molar-refractivity contribution in [1.82, 2.24) is 16.0 Å². The molecule has 1 aliphatic heterocycles. The topological polar surface area (TPSA) is 99.7 Å². The van der Waals surface area contributed by atoms with Gasteiger partial charge in [-0.1, -0.05) is 19.3 Å². The molecule has 1 aliphatic carbocycles. The highest BCUT2D eigenvalue weighted by atomic mass is 19.1. The zero-order chi connectivity index (χ0) is 23.8. The van der Waals surface area contributed by atoms with E-state index in [4.69, 9.17) is 4.74 Å². The molecule has 0 bridgehead atoms. The quantitative estimate of drug-likeness (QED) is 0.445. The second kappa shape index (κ2) is 11.9. The Hall–Kier alpha value is -2.10. The standard InChI is InChI=1S/C24H35F2N3O4/c1-16(30)28-21(13-17-11-18(25)14-19(26)12-17)22(31)15-27-24(7-9-33-10-8-24)23(32)29-20-5-3-2-4-6-20/h11-12,14,20-22,27,31H,2-10,13,15H2,1H3,(H,28,30)(H,29,32)/t21-,22+/m0/s1. The van der Waals surface area contributed by atoms with Crippen molar-refractivity contribution in [2.45, 2.75) is 82.0 Å². The predicted molar refractivity (Wildman–Crippen MR) is 119 cm³/mol. The monoisotopic (exact) mass is 467 g/mol. The number of hydrogen-bond donors (Lipinski definition) is 4. The molecule has 1 aromatic carbocycles. The maximum atomic E-state index is 13.6. The van der Waals surface area contributed by atoms with Gasteiger partial charge in [0.05, 0.1) is 12.1 Å². The van der Waals surface area contributed by atoms with E-state index in [1.165, 1.54) is 25.5 Å². The van der Waals surface area contributed by atoms with Crippen LogP contribution in [0.25, 0.3) is 0 Å². The Morgan fingerprint density at radius 2 is 1.76 bits per heavy atom. The fourth-order valence-corrected chi connectivity index (χ4v) is 4.74. The number of amides is 2. The Labute approximate surface area is 193 Å². The van der Waals surface area contributed by atoms with Gasteiger partial charge in [0.15, 0.2) is 0 Å². The number of rotatable bonds is 9. The summed E-state index contributed by atoms with van der Waals surface area (Å²) < 4.78 is 32.7. The van der Waals surface area contributed by atoms with E-state index in [1.54, 1.807) is 0 Å². The van der Waals surface area contributed by atoms with Crippen LogP contribution in [0.1, 0.15) is 57.4 Å². The van der Waals surface area contributed by atoms with Crippen molar-refractivity contribution in [3.8, 4) is 0 Å². The smallest absolute Gasteiger partial charge is 0.240 e. The largest absolute Gasteiger partial charge is 0.390 e. The van der Waals surface area contributed by atoms with Crippen molar-refractivity contribution in [1.29, 1.82) is 0 Å². The molecule has 2 fully saturated rings. The van der Waals surface area contributed by atoms with Crippen molar-refractivity contribution in [2.75, 3.05) is 19.8 Å². The van der Waals surface area contributed by atoms with Gasteiger partial charge in [-0.15, -0.1) is 0 Å². The fraction of sp³-hybridized carbons (Fsp3) is 0.667. The Morgan fingerprint density at radius 3 is 2.36 bits per heavy atom. The van der Waals surface area contributed by atoms with Crippen LogP contribution in [0.3, 0.4) is 0 Å². The molecule has 3 rings (SSSR count). The van der Waals surface area contributed by atoms with Crippen LogP contribution in [0.4, 0.5) is 8.78 Å². The summed E-state index contributed by atoms with van der Waals surface area (Å²) in [7, 11) is 0. The molecule has 33 heavy (non-hydrogen) atoms. The number of hydrogen-bond acceptors (Lipinski definition) is 5. The Morgan fingerprint density at radius 1 is 1.12 bits per heavy atom. The van der Waals surface area contributed by atoms with Gasteiger partial charge >= 0.3 is 0 Å². The maximum absolute atomic E-state index is 13.6. The lowest BCUT2D eigenvalue weighted by Crippen LogP contribution is -2.63. The molecule has 0 radical (unpaired) electrons. The summed E-state index contributed by atoms with van der Waals surface area (Å²) in [6.07, 6.45) is 5.24. The summed E-state index contributed by atoms with van der Waals surface area (Å²) in [5, 5.41) is 20.0. The summed E-state index contributed by atoms with van der Waals surface area (Å²) >= 11 is 0. The molecular weight excluding hydrogens is 432 g/mol. The molecule has 1 heterocycles. The third kappa shape index (κ3) is 7.45. The maximum Gasteiger partial charge on any atom is 0.240 e. The predicted octanol–water partition coefficient (Wildman–Crippen LogP) is 1.96. The van der Waals surface area contributed by atoms with Crippen molar-refractivity contribution in [3.05, 3.63) is 35.4 Å². The highest BCUT2D eigenvalue weighted by molar-refractivity contribution is 5.86. The molecular formula is C24H35F2N3O4. The molecule has 1 aromatic rings. The van der Waals surface area contributed by atoms with E-state index < -0.39 is 29.3 Å². The number of aliphatic hydroxyl groups excluding tert-OH is 1. The van der Waals surface area contributed by atoms with E-state index in [0.29, 0.717) is 31.6 Å². The van der Waals surface area contributed by atoms with Gasteiger partial charge in [-0.3, -0.25) is 9.59 Å². The van der Waals surface area contributed by atoms with Crippen molar-refractivity contribution in [2.24, 2.45) is 0 Å². The van der Waals surface area contributed by atoms with Crippen LogP contribution in [0, 0.1) is 11.6 Å². The van der Waals surface area contributed by atoms with E-state index in [1.807, 2.05) is 0 Å². The van der Waals surface area contributed by atoms with Crippen LogP contribution in [0.5, 0.6) is 0 Å². The number of nitrogens with one attached hydrogen (secondary N) is 3. The highest BCUT2D eigenvalue weighted by Crippen LogP contribution is 2.24. The average Bonchev–Trinajstić information content (AvgIpc) is 2.77. The lowest BCUT2D eigenvalue weighted by Gasteiger charge is -2.39. The van der Waals surface area contributed by atoms with Gasteiger partial charge in [0.2, 0.25) is 11.8 Å². The lowest BCUT2D eigenvalue weighted by molar-refractivity contribution is -0.133. The van der Waals surface area contributed by atoms with Crippen molar-refractivity contribution < 1.29 is 28.2 Å². The number of halogens is 2. The first-order valence-corrected chi connectivity index (χ1v) is 11.8. The van der Waals surface area contributed by atoms with E-state index >= 15 is 0 Å². The van der Waals surface area contributed by atoms with Crippen LogP contribution in [0.2, 0.25) is 0 Å². The van der Waals surface area contributed by atoms with Gasteiger partial charge in [0, 0.05) is 38.8 Å². The van der Waals surface area contributed by atoms with E-state index in [2.05, 4.69) is 16.0 Å². The fourth-order valence-electron chi connectivity index (χ4n) is 4.74. The van der Waals surface area contributed by atoms with Gasteiger partial charge in [-0.05, 0) is 49.8 Å². The van der Waals surface area contributed by atoms with Gasteiger partial charge in [0.1, 0.15) is 17.2 Å². The molecule has 0 aromatic heterocycles. The molecule has 184 valence electrons. The summed E-state index contributed by atoms with van der Waals surface area (Å²) in [6.45, 7) is 2.20. The minimum absolute atomic E-state index is 0.0286. The SMILES string of the molecule is CC(=O)N[C@@H](Cc1cc(F)cc(F)c1)[C@H](O)CNC1(C(=O)NC2CCCCC2)CCOCC1. The van der Waals surface area contributed by atoms with E-state index in [-0.39, 0.29) is 30.8 Å². The normalized spacial score (nSPS) is 20.6. The summed E-state index contributed by atoms with van der Waals surface area (Å²) in [5.74, 6) is -1.90. The molecule has 0 unspecified atom stereocenters. The summed E-state index contributed by atoms with van der Waals surface area (Å²) in [6, 6.07) is 2.50. The Bertz CT molecular complexity index is 791. The average molecular weight is 468 g/mol. The molecule has 9 heteroatoms. The van der Waals surface area contributed by atoms with Gasteiger partial charge in [-0.2, -0.15) is 0 Å².